The van der Waals surface area contributed by atoms with Gasteiger partial charge in [-0.2, -0.15) is 5.26 Å². The summed E-state index contributed by atoms with van der Waals surface area (Å²) < 4.78 is 4.51. The van der Waals surface area contributed by atoms with Crippen LogP contribution >= 0.6 is 0 Å². The zero-order valence-corrected chi connectivity index (χ0v) is 38.9. The molecule has 0 bridgehead atoms. The number of nitriles is 1. The molecule has 0 radical (unpaired) electrons. The highest BCUT2D eigenvalue weighted by atomic mass is 15.0. The molecule has 0 aliphatic carbocycles. The summed E-state index contributed by atoms with van der Waals surface area (Å²) >= 11 is 0. The lowest BCUT2D eigenvalue weighted by molar-refractivity contribution is 0.591. The fraction of sp³-hybridized carbons (Fsp3) is 0.131. The number of benzene rings is 8. The Morgan fingerprint density at radius 1 is 0.441 bits per heavy atom. The fourth-order valence-electron chi connectivity index (χ4n) is 9.59. The van der Waals surface area contributed by atoms with Crippen LogP contribution in [0, 0.1) is 17.9 Å². The van der Waals surface area contributed by atoms with E-state index in [9.17, 15) is 5.26 Å². The Hall–Kier alpha value is -8.65. The van der Waals surface area contributed by atoms with E-state index in [1.165, 1.54) is 16.5 Å². The van der Waals surface area contributed by atoms with Gasteiger partial charge in [0.15, 0.2) is 23.2 Å². The highest BCUT2D eigenvalue weighted by Crippen LogP contribution is 2.43. The second-order valence-corrected chi connectivity index (χ2v) is 19.5. The van der Waals surface area contributed by atoms with Crippen molar-refractivity contribution in [2.45, 2.75) is 52.4 Å². The Bertz CT molecular complexity index is 3900. The first-order valence-corrected chi connectivity index (χ1v) is 22.9. The van der Waals surface area contributed by atoms with Crippen LogP contribution in [0.1, 0.15) is 58.2 Å². The predicted molar refractivity (Wildman–Crippen MR) is 279 cm³/mol. The van der Waals surface area contributed by atoms with Crippen LogP contribution in [0.15, 0.2) is 176 Å². The van der Waals surface area contributed by atoms with Crippen molar-refractivity contribution in [2.75, 3.05) is 0 Å². The van der Waals surface area contributed by atoms with Crippen molar-refractivity contribution in [3.8, 4) is 62.7 Å². The molecular formula is C61H47N7. The standard InChI is InChI=1S/C61H47N7/c1-60(2,3)42-27-31-55-48(35-42)45-20-12-15-23-52(45)67(55)51-29-25-39(33-41(51)37-62)58-64-57(38-17-9-8-10-18-38)65-59(66-58)40-26-30-54(47(34-40)44-19-11-14-22-50(44)63-7)68-53-24-16-13-21-46(53)49-36-43(61(4,5)6)28-32-56(49)68/h8-36H,1-6H3. The molecule has 8 aromatic carbocycles. The topological polar surface area (TPSA) is 76.7 Å². The van der Waals surface area contributed by atoms with E-state index in [-0.39, 0.29) is 10.8 Å². The summed E-state index contributed by atoms with van der Waals surface area (Å²) in [6.07, 6.45) is 0. The zero-order chi connectivity index (χ0) is 46.9. The Balaban J connectivity index is 1.11. The predicted octanol–water partition coefficient (Wildman–Crippen LogP) is 15.8. The fourth-order valence-corrected chi connectivity index (χ4v) is 9.59. The van der Waals surface area contributed by atoms with Gasteiger partial charge in [0.2, 0.25) is 0 Å². The van der Waals surface area contributed by atoms with Crippen molar-refractivity contribution in [3.05, 3.63) is 204 Å². The smallest absolute Gasteiger partial charge is 0.194 e. The van der Waals surface area contributed by atoms with Crippen molar-refractivity contribution in [2.24, 2.45) is 0 Å². The molecule has 0 aliphatic heterocycles. The lowest BCUT2D eigenvalue weighted by Gasteiger charge is -2.20. The summed E-state index contributed by atoms with van der Waals surface area (Å²) in [4.78, 5) is 19.4. The SMILES string of the molecule is [C-]#[N+]c1ccccc1-c1cc(-c2nc(-c3ccccc3)nc(-c3ccc(-n4c5ccccc5c5cc(C(C)(C)C)ccc54)c(C#N)c3)n2)ccc1-n1c2ccccc2c2cc(C(C)(C)C)ccc21. The molecule has 0 saturated heterocycles. The summed E-state index contributed by atoms with van der Waals surface area (Å²) in [7, 11) is 0. The van der Waals surface area contributed by atoms with Crippen molar-refractivity contribution in [1.82, 2.24) is 24.1 Å². The van der Waals surface area contributed by atoms with Gasteiger partial charge in [-0.25, -0.2) is 19.8 Å². The van der Waals surface area contributed by atoms with Gasteiger partial charge in [-0.3, -0.25) is 0 Å². The minimum absolute atomic E-state index is 0.0200. The molecule has 0 atom stereocenters. The van der Waals surface area contributed by atoms with Crippen LogP contribution in [-0.4, -0.2) is 24.1 Å². The molecule has 0 N–H and O–H groups in total. The van der Waals surface area contributed by atoms with Crippen LogP contribution in [0.25, 0.3) is 105 Å². The van der Waals surface area contributed by atoms with E-state index in [1.54, 1.807) is 0 Å². The van der Waals surface area contributed by atoms with E-state index in [0.29, 0.717) is 34.3 Å². The van der Waals surface area contributed by atoms with E-state index in [1.807, 2.05) is 78.9 Å². The first kappa shape index (κ1) is 42.0. The number of rotatable bonds is 6. The van der Waals surface area contributed by atoms with Crippen LogP contribution in [-0.2, 0) is 10.8 Å². The number of aromatic nitrogens is 5. The minimum Gasteiger partial charge on any atom is -0.309 e. The van der Waals surface area contributed by atoms with E-state index in [0.717, 1.165) is 71.9 Å². The number of para-hydroxylation sites is 3. The maximum Gasteiger partial charge on any atom is 0.194 e. The maximum atomic E-state index is 10.9. The number of hydrogen-bond acceptors (Lipinski definition) is 4. The zero-order valence-electron chi connectivity index (χ0n) is 38.9. The number of fused-ring (bicyclic) bond motifs is 6. The molecule has 7 nitrogen and oxygen atoms in total. The summed E-state index contributed by atoms with van der Waals surface area (Å²) in [6, 6.07) is 62.7. The molecule has 7 heteroatoms. The Morgan fingerprint density at radius 2 is 0.912 bits per heavy atom. The molecule has 68 heavy (non-hydrogen) atoms. The third-order valence-electron chi connectivity index (χ3n) is 13.2. The molecule has 11 rings (SSSR count). The van der Waals surface area contributed by atoms with Crippen molar-refractivity contribution in [1.29, 1.82) is 5.26 Å². The molecule has 0 aliphatic rings. The molecule has 0 fully saturated rings. The summed E-state index contributed by atoms with van der Waals surface area (Å²) in [5.41, 5.74) is 13.4. The van der Waals surface area contributed by atoms with Gasteiger partial charge in [0.25, 0.3) is 0 Å². The molecule has 3 aromatic heterocycles. The highest BCUT2D eigenvalue weighted by Gasteiger charge is 2.24. The van der Waals surface area contributed by atoms with Crippen LogP contribution in [0.2, 0.25) is 0 Å². The van der Waals surface area contributed by atoms with E-state index in [4.69, 9.17) is 21.5 Å². The summed E-state index contributed by atoms with van der Waals surface area (Å²) in [6.45, 7) is 21.7. The van der Waals surface area contributed by atoms with Gasteiger partial charge in [0, 0.05) is 38.2 Å². The quantitative estimate of drug-likeness (QED) is 0.156. The van der Waals surface area contributed by atoms with E-state index < -0.39 is 0 Å². The van der Waals surface area contributed by atoms with Gasteiger partial charge < -0.3 is 9.13 Å². The van der Waals surface area contributed by atoms with Gasteiger partial charge in [0.1, 0.15) is 6.07 Å². The van der Waals surface area contributed by atoms with Crippen LogP contribution in [0.5, 0.6) is 0 Å². The second-order valence-electron chi connectivity index (χ2n) is 19.5. The lowest BCUT2D eigenvalue weighted by atomic mass is 9.86. The lowest BCUT2D eigenvalue weighted by Crippen LogP contribution is -2.10. The number of hydrogen-bond donors (Lipinski definition) is 0. The molecular weight excluding hydrogens is 831 g/mol. The average molecular weight is 878 g/mol. The Kier molecular flexibility index (Phi) is 9.92. The normalized spacial score (nSPS) is 11.9. The van der Waals surface area contributed by atoms with Gasteiger partial charge in [-0.1, -0.05) is 145 Å². The van der Waals surface area contributed by atoms with Gasteiger partial charge in [-0.05, 0) is 106 Å². The molecule has 3 heterocycles. The molecule has 11 aromatic rings. The molecule has 0 amide bonds. The summed E-state index contributed by atoms with van der Waals surface area (Å²) in [5, 5.41) is 15.5. The third kappa shape index (κ3) is 7.08. The molecule has 0 saturated carbocycles. The Morgan fingerprint density at radius 3 is 1.47 bits per heavy atom. The van der Waals surface area contributed by atoms with Crippen LogP contribution < -0.4 is 0 Å². The Labute approximate surface area is 396 Å². The third-order valence-corrected chi connectivity index (χ3v) is 13.2. The molecule has 0 spiro atoms. The van der Waals surface area contributed by atoms with Crippen molar-refractivity contribution in [3.63, 3.8) is 0 Å². The minimum atomic E-state index is -0.0257. The van der Waals surface area contributed by atoms with E-state index in [2.05, 4.69) is 159 Å². The van der Waals surface area contributed by atoms with Crippen LogP contribution in [0.3, 0.4) is 0 Å². The molecule has 326 valence electrons. The number of nitrogens with zero attached hydrogens (tertiary/aromatic N) is 7. The summed E-state index contributed by atoms with van der Waals surface area (Å²) in [5.74, 6) is 1.42. The largest absolute Gasteiger partial charge is 0.309 e. The molecule has 0 unspecified atom stereocenters. The average Bonchev–Trinajstić information content (AvgIpc) is 3.87. The van der Waals surface area contributed by atoms with Crippen molar-refractivity contribution < 1.29 is 0 Å². The van der Waals surface area contributed by atoms with Crippen molar-refractivity contribution >= 4 is 49.3 Å². The van der Waals surface area contributed by atoms with Gasteiger partial charge >= 0.3 is 0 Å². The second kappa shape index (κ2) is 16.0. The first-order chi connectivity index (χ1) is 32.9. The first-order valence-electron chi connectivity index (χ1n) is 22.9. The maximum absolute atomic E-state index is 10.9. The van der Waals surface area contributed by atoms with Crippen LogP contribution in [0.4, 0.5) is 5.69 Å². The van der Waals surface area contributed by atoms with Gasteiger partial charge in [0.05, 0.1) is 45.6 Å². The van der Waals surface area contributed by atoms with Gasteiger partial charge in [-0.15, -0.1) is 0 Å². The highest BCUT2D eigenvalue weighted by molar-refractivity contribution is 6.11. The monoisotopic (exact) mass is 877 g/mol. The van der Waals surface area contributed by atoms with E-state index >= 15 is 0 Å².